The first kappa shape index (κ1) is 16.1. The molecule has 2 amide bonds. The molecule has 8 heteroatoms. The van der Waals surface area contributed by atoms with E-state index >= 15 is 0 Å². The lowest BCUT2D eigenvalue weighted by Gasteiger charge is -2.12. The first-order valence-corrected chi connectivity index (χ1v) is 6.40. The van der Waals surface area contributed by atoms with Crippen LogP contribution in [0.5, 0.6) is 0 Å². The van der Waals surface area contributed by atoms with Gasteiger partial charge in [-0.15, -0.1) is 0 Å². The van der Waals surface area contributed by atoms with E-state index in [0.717, 1.165) is 4.47 Å². The maximum atomic E-state index is 11.7. The van der Waals surface area contributed by atoms with E-state index in [1.807, 2.05) is 0 Å². The van der Waals surface area contributed by atoms with Gasteiger partial charge in [0, 0.05) is 10.0 Å². The molecule has 0 aliphatic carbocycles. The Labute approximate surface area is 123 Å². The van der Waals surface area contributed by atoms with Crippen molar-refractivity contribution >= 4 is 33.7 Å². The molecule has 20 heavy (non-hydrogen) atoms. The fraction of sp³-hybridized carbons (Fsp3) is 0.250. The Kier molecular flexibility index (Phi) is 6.13. The lowest BCUT2D eigenvalue weighted by molar-refractivity contribution is -0.142. The number of benzene rings is 1. The van der Waals surface area contributed by atoms with E-state index in [4.69, 9.17) is 10.2 Å². The molecule has 0 saturated heterocycles. The van der Waals surface area contributed by atoms with Crippen LogP contribution in [0, 0.1) is 0 Å². The topological polar surface area (TPSA) is 116 Å². The summed E-state index contributed by atoms with van der Waals surface area (Å²) in [6, 6.07) is 5.20. The van der Waals surface area contributed by atoms with Crippen LogP contribution in [-0.4, -0.2) is 47.2 Å². The Morgan fingerprint density at radius 3 is 2.55 bits per heavy atom. The highest BCUT2D eigenvalue weighted by Crippen LogP contribution is 2.11. The second kappa shape index (κ2) is 7.61. The summed E-state index contributed by atoms with van der Waals surface area (Å²) in [5.41, 5.74) is 0.365. The molecule has 0 aliphatic rings. The fourth-order valence-corrected chi connectivity index (χ4v) is 1.72. The number of halogens is 1. The zero-order valence-corrected chi connectivity index (χ0v) is 11.9. The second-order valence-electron chi connectivity index (χ2n) is 3.83. The van der Waals surface area contributed by atoms with Crippen LogP contribution in [0.2, 0.25) is 0 Å². The normalized spacial score (nSPS) is 11.5. The molecule has 0 aliphatic heterocycles. The van der Waals surface area contributed by atoms with Gasteiger partial charge in [-0.3, -0.25) is 9.59 Å². The van der Waals surface area contributed by atoms with Gasteiger partial charge in [0.1, 0.15) is 6.04 Å². The van der Waals surface area contributed by atoms with Crippen LogP contribution < -0.4 is 10.6 Å². The summed E-state index contributed by atoms with van der Waals surface area (Å²) in [6.07, 6.45) is 0. The van der Waals surface area contributed by atoms with Crippen LogP contribution >= 0.6 is 15.9 Å². The van der Waals surface area contributed by atoms with Crippen molar-refractivity contribution in [2.24, 2.45) is 0 Å². The van der Waals surface area contributed by atoms with Crippen LogP contribution in [0.15, 0.2) is 28.7 Å². The van der Waals surface area contributed by atoms with Gasteiger partial charge in [0.25, 0.3) is 5.91 Å². The quantitative estimate of drug-likeness (QED) is 0.567. The van der Waals surface area contributed by atoms with E-state index < -0.39 is 30.4 Å². The Morgan fingerprint density at radius 2 is 2.00 bits per heavy atom. The monoisotopic (exact) mass is 344 g/mol. The lowest BCUT2D eigenvalue weighted by Crippen LogP contribution is -2.47. The van der Waals surface area contributed by atoms with Crippen molar-refractivity contribution in [1.29, 1.82) is 0 Å². The minimum Gasteiger partial charge on any atom is -0.480 e. The standard InChI is InChI=1S/C12H13BrN2O5/c13-8-3-1-2-7(4-8)11(18)14-5-10(17)15-9(6-16)12(19)20/h1-4,9,16H,5-6H2,(H,14,18)(H,15,17)(H,19,20)/t9-/m0/s1. The first-order chi connectivity index (χ1) is 9.43. The van der Waals surface area contributed by atoms with Crippen molar-refractivity contribution in [2.45, 2.75) is 6.04 Å². The molecule has 108 valence electrons. The fourth-order valence-electron chi connectivity index (χ4n) is 1.32. The Hall–Kier alpha value is -1.93. The molecule has 0 spiro atoms. The van der Waals surface area contributed by atoms with Gasteiger partial charge in [-0.05, 0) is 18.2 Å². The highest BCUT2D eigenvalue weighted by Gasteiger charge is 2.18. The summed E-state index contributed by atoms with van der Waals surface area (Å²) in [6.45, 7) is -1.10. The van der Waals surface area contributed by atoms with Crippen LogP contribution in [0.25, 0.3) is 0 Å². The van der Waals surface area contributed by atoms with Crippen LogP contribution in [0.1, 0.15) is 10.4 Å². The smallest absolute Gasteiger partial charge is 0.328 e. The van der Waals surface area contributed by atoms with Crippen LogP contribution in [0.3, 0.4) is 0 Å². The summed E-state index contributed by atoms with van der Waals surface area (Å²) in [5, 5.41) is 21.8. The van der Waals surface area contributed by atoms with E-state index in [-0.39, 0.29) is 6.54 Å². The summed E-state index contributed by atoms with van der Waals surface area (Å²) >= 11 is 3.22. The average Bonchev–Trinajstić information content (AvgIpc) is 2.41. The van der Waals surface area contributed by atoms with Crippen molar-refractivity contribution in [3.05, 3.63) is 34.3 Å². The molecule has 0 bridgehead atoms. The SMILES string of the molecule is O=C(CNC(=O)c1cccc(Br)c1)N[C@@H](CO)C(=O)O. The number of amides is 2. The number of aliphatic hydroxyl groups is 1. The zero-order valence-electron chi connectivity index (χ0n) is 10.3. The number of nitrogens with one attached hydrogen (secondary N) is 2. The summed E-state index contributed by atoms with van der Waals surface area (Å²) in [4.78, 5) is 33.7. The Balaban J connectivity index is 2.49. The third-order valence-electron chi connectivity index (χ3n) is 2.31. The number of carbonyl (C=O) groups excluding carboxylic acids is 2. The van der Waals surface area contributed by atoms with Crippen molar-refractivity contribution in [3.63, 3.8) is 0 Å². The van der Waals surface area contributed by atoms with Gasteiger partial charge in [0.2, 0.25) is 5.91 Å². The predicted molar refractivity (Wildman–Crippen MR) is 73.1 cm³/mol. The number of rotatable bonds is 6. The molecule has 0 aromatic heterocycles. The highest BCUT2D eigenvalue weighted by atomic mass is 79.9. The molecule has 0 saturated carbocycles. The van der Waals surface area contributed by atoms with Crippen molar-refractivity contribution in [3.8, 4) is 0 Å². The van der Waals surface area contributed by atoms with E-state index in [9.17, 15) is 14.4 Å². The summed E-state index contributed by atoms with van der Waals surface area (Å²) in [7, 11) is 0. The van der Waals surface area contributed by atoms with Crippen molar-refractivity contribution in [2.75, 3.05) is 13.2 Å². The van der Waals surface area contributed by atoms with Gasteiger partial charge in [0.05, 0.1) is 13.2 Å². The van der Waals surface area contributed by atoms with E-state index in [1.54, 1.807) is 24.3 Å². The molecule has 0 fully saturated rings. The summed E-state index contributed by atoms with van der Waals surface area (Å²) < 4.78 is 0.723. The maximum absolute atomic E-state index is 11.7. The number of aliphatic hydroxyl groups excluding tert-OH is 1. The molecule has 1 aromatic carbocycles. The highest BCUT2D eigenvalue weighted by molar-refractivity contribution is 9.10. The molecule has 1 aromatic rings. The van der Waals surface area contributed by atoms with E-state index in [0.29, 0.717) is 5.56 Å². The molecule has 1 rings (SSSR count). The maximum Gasteiger partial charge on any atom is 0.328 e. The minimum atomic E-state index is -1.38. The minimum absolute atomic E-state index is 0.365. The number of carbonyl (C=O) groups is 3. The van der Waals surface area contributed by atoms with Gasteiger partial charge in [-0.1, -0.05) is 22.0 Å². The van der Waals surface area contributed by atoms with Gasteiger partial charge in [-0.2, -0.15) is 0 Å². The van der Waals surface area contributed by atoms with Crippen molar-refractivity contribution in [1.82, 2.24) is 10.6 Å². The van der Waals surface area contributed by atoms with Gasteiger partial charge >= 0.3 is 5.97 Å². The predicted octanol–water partition coefficient (Wildman–Crippen LogP) is -0.259. The molecular formula is C12H13BrN2O5. The molecular weight excluding hydrogens is 332 g/mol. The molecule has 0 unspecified atom stereocenters. The van der Waals surface area contributed by atoms with E-state index in [1.165, 1.54) is 0 Å². The summed E-state index contributed by atoms with van der Waals surface area (Å²) in [5.74, 6) is -2.51. The Morgan fingerprint density at radius 1 is 1.30 bits per heavy atom. The van der Waals surface area contributed by atoms with Crippen LogP contribution in [0.4, 0.5) is 0 Å². The van der Waals surface area contributed by atoms with Crippen LogP contribution in [-0.2, 0) is 9.59 Å². The third-order valence-corrected chi connectivity index (χ3v) is 2.81. The first-order valence-electron chi connectivity index (χ1n) is 5.61. The molecule has 1 atom stereocenters. The molecule has 0 radical (unpaired) electrons. The molecule has 0 heterocycles. The largest absolute Gasteiger partial charge is 0.480 e. The number of carboxylic acids is 1. The average molecular weight is 345 g/mol. The second-order valence-corrected chi connectivity index (χ2v) is 4.75. The van der Waals surface area contributed by atoms with Gasteiger partial charge in [0.15, 0.2) is 0 Å². The number of carboxylic acid groups (broad SMARTS) is 1. The molecule has 7 nitrogen and oxygen atoms in total. The van der Waals surface area contributed by atoms with Crippen molar-refractivity contribution < 1.29 is 24.6 Å². The number of aliphatic carboxylic acids is 1. The van der Waals surface area contributed by atoms with E-state index in [2.05, 4.69) is 26.6 Å². The number of hydrogen-bond donors (Lipinski definition) is 4. The lowest BCUT2D eigenvalue weighted by atomic mass is 10.2. The van der Waals surface area contributed by atoms with Gasteiger partial charge in [-0.25, -0.2) is 4.79 Å². The zero-order chi connectivity index (χ0) is 15.1. The number of hydrogen-bond acceptors (Lipinski definition) is 4. The Bertz CT molecular complexity index is 520. The van der Waals surface area contributed by atoms with Gasteiger partial charge < -0.3 is 20.8 Å². The third kappa shape index (κ3) is 4.98. The molecule has 4 N–H and O–H groups in total.